The van der Waals surface area contributed by atoms with E-state index in [1.54, 1.807) is 6.20 Å². The number of oxazole rings is 1. The number of aryl methyl sites for hydroxylation is 1. The minimum absolute atomic E-state index is 0.559. The van der Waals surface area contributed by atoms with Crippen LogP contribution in [0, 0.1) is 0 Å². The molecule has 1 aromatic carbocycles. The van der Waals surface area contributed by atoms with Crippen molar-refractivity contribution in [2.45, 2.75) is 6.42 Å². The third-order valence-electron chi connectivity index (χ3n) is 1.92. The van der Waals surface area contributed by atoms with Gasteiger partial charge in [-0.25, -0.2) is 4.98 Å². The first-order valence-corrected chi connectivity index (χ1v) is 4.99. The Morgan fingerprint density at radius 2 is 2.00 bits per heavy atom. The van der Waals surface area contributed by atoms with Gasteiger partial charge in [-0.15, -0.1) is 11.6 Å². The summed E-state index contributed by atoms with van der Waals surface area (Å²) in [6.45, 7) is 0. The van der Waals surface area contributed by atoms with Gasteiger partial charge >= 0.3 is 0 Å². The van der Waals surface area contributed by atoms with E-state index in [0.717, 1.165) is 17.7 Å². The van der Waals surface area contributed by atoms with Gasteiger partial charge in [0.1, 0.15) is 5.76 Å². The van der Waals surface area contributed by atoms with Gasteiger partial charge in [-0.2, -0.15) is 0 Å². The van der Waals surface area contributed by atoms with Crippen LogP contribution in [0.1, 0.15) is 5.76 Å². The Kier molecular flexibility index (Phi) is 2.84. The van der Waals surface area contributed by atoms with Crippen molar-refractivity contribution in [3.05, 3.63) is 42.3 Å². The van der Waals surface area contributed by atoms with Crippen molar-refractivity contribution >= 4 is 11.6 Å². The van der Waals surface area contributed by atoms with Crippen LogP contribution in [0.2, 0.25) is 0 Å². The lowest BCUT2D eigenvalue weighted by Gasteiger charge is -1.93. The molecule has 1 aromatic heterocycles. The highest BCUT2D eigenvalue weighted by atomic mass is 35.5. The summed E-state index contributed by atoms with van der Waals surface area (Å²) in [6.07, 6.45) is 2.45. The molecule has 0 fully saturated rings. The maximum Gasteiger partial charge on any atom is 0.226 e. The van der Waals surface area contributed by atoms with E-state index in [0.29, 0.717) is 11.8 Å². The smallest absolute Gasteiger partial charge is 0.226 e. The fourth-order valence-corrected chi connectivity index (χ4v) is 1.42. The summed E-state index contributed by atoms with van der Waals surface area (Å²) in [5.41, 5.74) is 0.994. The van der Waals surface area contributed by atoms with Crippen LogP contribution in [0.3, 0.4) is 0 Å². The number of aromatic nitrogens is 1. The number of alkyl halides is 1. The monoisotopic (exact) mass is 207 g/mol. The van der Waals surface area contributed by atoms with Crippen molar-refractivity contribution in [2.75, 3.05) is 5.88 Å². The van der Waals surface area contributed by atoms with Gasteiger partial charge in [0.15, 0.2) is 0 Å². The van der Waals surface area contributed by atoms with Crippen molar-refractivity contribution in [3.63, 3.8) is 0 Å². The first kappa shape index (κ1) is 9.28. The Labute approximate surface area is 87.5 Å². The Morgan fingerprint density at radius 3 is 2.71 bits per heavy atom. The SMILES string of the molecule is ClCCc1cnc(-c2ccccc2)o1. The quantitative estimate of drug-likeness (QED) is 0.723. The van der Waals surface area contributed by atoms with E-state index in [9.17, 15) is 0 Å². The molecule has 0 N–H and O–H groups in total. The normalized spacial score (nSPS) is 10.4. The van der Waals surface area contributed by atoms with Crippen molar-refractivity contribution in [1.82, 2.24) is 4.98 Å². The Morgan fingerprint density at radius 1 is 1.21 bits per heavy atom. The Bertz CT molecular complexity index is 397. The van der Waals surface area contributed by atoms with Gasteiger partial charge in [0.05, 0.1) is 6.20 Å². The van der Waals surface area contributed by atoms with Gasteiger partial charge in [0.2, 0.25) is 5.89 Å². The summed E-state index contributed by atoms with van der Waals surface area (Å²) in [7, 11) is 0. The third kappa shape index (κ3) is 1.96. The number of halogens is 1. The van der Waals surface area contributed by atoms with Crippen LogP contribution < -0.4 is 0 Å². The summed E-state index contributed by atoms with van der Waals surface area (Å²) in [6, 6.07) is 9.82. The Balaban J connectivity index is 2.25. The van der Waals surface area contributed by atoms with E-state index in [4.69, 9.17) is 16.0 Å². The second-order valence-electron chi connectivity index (χ2n) is 2.94. The van der Waals surface area contributed by atoms with Crippen LogP contribution in [0.15, 0.2) is 40.9 Å². The molecule has 0 saturated carbocycles. The van der Waals surface area contributed by atoms with Crippen molar-refractivity contribution in [1.29, 1.82) is 0 Å². The van der Waals surface area contributed by atoms with Gasteiger partial charge in [-0.3, -0.25) is 0 Å². The van der Waals surface area contributed by atoms with E-state index in [1.807, 2.05) is 30.3 Å². The molecule has 0 radical (unpaired) electrons. The third-order valence-corrected chi connectivity index (χ3v) is 2.10. The van der Waals surface area contributed by atoms with E-state index in [1.165, 1.54) is 0 Å². The predicted molar refractivity (Wildman–Crippen MR) is 56.4 cm³/mol. The molecule has 0 amide bonds. The van der Waals surface area contributed by atoms with Crippen molar-refractivity contribution in [3.8, 4) is 11.5 Å². The summed E-state index contributed by atoms with van der Waals surface area (Å²) >= 11 is 5.60. The van der Waals surface area contributed by atoms with Crippen LogP contribution >= 0.6 is 11.6 Å². The number of rotatable bonds is 3. The highest BCUT2D eigenvalue weighted by Gasteiger charge is 2.04. The van der Waals surface area contributed by atoms with E-state index in [2.05, 4.69) is 4.98 Å². The van der Waals surface area contributed by atoms with E-state index < -0.39 is 0 Å². The zero-order valence-electron chi connectivity index (χ0n) is 7.61. The average Bonchev–Trinajstić information content (AvgIpc) is 2.68. The highest BCUT2D eigenvalue weighted by molar-refractivity contribution is 6.17. The van der Waals surface area contributed by atoms with Crippen molar-refractivity contribution in [2.24, 2.45) is 0 Å². The largest absolute Gasteiger partial charge is 0.441 e. The molecule has 0 unspecified atom stereocenters. The molecule has 0 bridgehead atoms. The molecule has 72 valence electrons. The van der Waals surface area contributed by atoms with Crippen LogP contribution in [0.25, 0.3) is 11.5 Å². The lowest BCUT2D eigenvalue weighted by atomic mass is 10.2. The molecule has 1 heterocycles. The van der Waals surface area contributed by atoms with Gasteiger partial charge in [0, 0.05) is 17.9 Å². The van der Waals surface area contributed by atoms with Gasteiger partial charge in [0.25, 0.3) is 0 Å². The molecule has 0 aliphatic carbocycles. The lowest BCUT2D eigenvalue weighted by molar-refractivity contribution is 0.525. The molecule has 3 heteroatoms. The zero-order chi connectivity index (χ0) is 9.80. The van der Waals surface area contributed by atoms with Crippen LogP contribution in [-0.4, -0.2) is 10.9 Å². The molecular formula is C11H10ClNO. The minimum atomic E-state index is 0.559. The minimum Gasteiger partial charge on any atom is -0.441 e. The molecular weight excluding hydrogens is 198 g/mol. The number of hydrogen-bond acceptors (Lipinski definition) is 2. The second kappa shape index (κ2) is 4.29. The fourth-order valence-electron chi connectivity index (χ4n) is 1.23. The van der Waals surface area contributed by atoms with Crippen LogP contribution in [0.4, 0.5) is 0 Å². The first-order valence-electron chi connectivity index (χ1n) is 4.46. The lowest BCUT2D eigenvalue weighted by Crippen LogP contribution is -1.79. The highest BCUT2D eigenvalue weighted by Crippen LogP contribution is 2.18. The second-order valence-corrected chi connectivity index (χ2v) is 3.31. The summed E-state index contributed by atoms with van der Waals surface area (Å²) < 4.78 is 5.51. The fraction of sp³-hybridized carbons (Fsp3) is 0.182. The maximum absolute atomic E-state index is 5.60. The molecule has 2 rings (SSSR count). The molecule has 0 atom stereocenters. The molecule has 2 nitrogen and oxygen atoms in total. The average molecular weight is 208 g/mol. The topological polar surface area (TPSA) is 26.0 Å². The standard InChI is InChI=1S/C11H10ClNO/c12-7-6-10-8-13-11(14-10)9-4-2-1-3-5-9/h1-5,8H,6-7H2. The maximum atomic E-state index is 5.60. The van der Waals surface area contributed by atoms with Gasteiger partial charge in [-0.1, -0.05) is 18.2 Å². The molecule has 0 aliphatic rings. The zero-order valence-corrected chi connectivity index (χ0v) is 8.37. The van der Waals surface area contributed by atoms with Crippen LogP contribution in [-0.2, 0) is 6.42 Å². The first-order chi connectivity index (χ1) is 6.90. The molecule has 0 spiro atoms. The van der Waals surface area contributed by atoms with E-state index >= 15 is 0 Å². The predicted octanol–water partition coefficient (Wildman–Crippen LogP) is 3.12. The summed E-state index contributed by atoms with van der Waals surface area (Å²) in [5.74, 6) is 2.05. The molecule has 0 aliphatic heterocycles. The molecule has 14 heavy (non-hydrogen) atoms. The van der Waals surface area contributed by atoms with Crippen molar-refractivity contribution < 1.29 is 4.42 Å². The van der Waals surface area contributed by atoms with E-state index in [-0.39, 0.29) is 0 Å². The van der Waals surface area contributed by atoms with Crippen LogP contribution in [0.5, 0.6) is 0 Å². The molecule has 0 saturated heterocycles. The summed E-state index contributed by atoms with van der Waals surface area (Å²) in [4.78, 5) is 4.18. The Hall–Kier alpha value is -1.28. The number of nitrogens with zero attached hydrogens (tertiary/aromatic N) is 1. The van der Waals surface area contributed by atoms with Gasteiger partial charge < -0.3 is 4.42 Å². The number of hydrogen-bond donors (Lipinski definition) is 0. The molecule has 2 aromatic rings. The summed E-state index contributed by atoms with van der Waals surface area (Å²) in [5, 5.41) is 0. The van der Waals surface area contributed by atoms with Gasteiger partial charge in [-0.05, 0) is 12.1 Å². The number of benzene rings is 1.